The predicted octanol–water partition coefficient (Wildman–Crippen LogP) is 5.34. The van der Waals surface area contributed by atoms with Gasteiger partial charge in [0.1, 0.15) is 0 Å². The molecule has 1 N–H and O–H groups in total. The normalized spacial score (nSPS) is 18.1. The molecule has 1 saturated heterocycles. The number of nitrogens with one attached hydrogen (secondary N) is 1. The fourth-order valence-corrected chi connectivity index (χ4v) is 5.44. The maximum absolute atomic E-state index is 3.27. The number of benzene rings is 3. The molecule has 2 aliphatic rings. The van der Waals surface area contributed by atoms with E-state index in [4.69, 9.17) is 0 Å². The van der Waals surface area contributed by atoms with Crippen molar-refractivity contribution >= 4 is 5.69 Å². The number of likely N-dealkylation sites (tertiary alicyclic amines) is 1. The topological polar surface area (TPSA) is 18.5 Å². The number of fused-ring (bicyclic) bond motifs is 1. The molecular formula is C28H33N3. The average Bonchev–Trinajstić information content (AvgIpc) is 2.85. The zero-order valence-electron chi connectivity index (χ0n) is 18.5. The molecule has 160 valence electrons. The highest BCUT2D eigenvalue weighted by atomic mass is 15.2. The van der Waals surface area contributed by atoms with E-state index in [1.54, 1.807) is 0 Å². The maximum Gasteiger partial charge on any atom is 0.0601 e. The molecule has 3 heteroatoms. The van der Waals surface area contributed by atoms with Crippen molar-refractivity contribution in [1.29, 1.82) is 0 Å². The van der Waals surface area contributed by atoms with Gasteiger partial charge < -0.3 is 5.32 Å². The fraction of sp³-hybridized carbons (Fsp3) is 0.357. The Kier molecular flexibility index (Phi) is 6.06. The van der Waals surface area contributed by atoms with Crippen molar-refractivity contribution in [3.8, 4) is 0 Å². The second-order valence-corrected chi connectivity index (χ2v) is 8.95. The SMILES string of the molecule is CNc1ccc2c(c1)CCN(C1CCN(C(c3ccccc3)c3ccccc3)CC1)C2. The highest BCUT2D eigenvalue weighted by molar-refractivity contribution is 5.49. The van der Waals surface area contributed by atoms with Gasteiger partial charge in [0, 0.05) is 45.0 Å². The summed E-state index contributed by atoms with van der Waals surface area (Å²) in [7, 11) is 2.00. The van der Waals surface area contributed by atoms with Crippen molar-refractivity contribution in [2.24, 2.45) is 0 Å². The number of nitrogens with zero attached hydrogens (tertiary/aromatic N) is 2. The molecule has 0 aliphatic carbocycles. The summed E-state index contributed by atoms with van der Waals surface area (Å²) in [5.74, 6) is 0. The lowest BCUT2D eigenvalue weighted by Crippen LogP contribution is -2.47. The molecule has 3 nitrogen and oxygen atoms in total. The van der Waals surface area contributed by atoms with Gasteiger partial charge in [-0.2, -0.15) is 0 Å². The van der Waals surface area contributed by atoms with Crippen molar-refractivity contribution in [1.82, 2.24) is 9.80 Å². The molecule has 0 radical (unpaired) electrons. The summed E-state index contributed by atoms with van der Waals surface area (Å²) < 4.78 is 0. The molecular weight excluding hydrogens is 378 g/mol. The molecule has 0 amide bonds. The van der Waals surface area contributed by atoms with E-state index < -0.39 is 0 Å². The Labute approximate surface area is 186 Å². The summed E-state index contributed by atoms with van der Waals surface area (Å²) in [6, 6.07) is 30.0. The third-order valence-electron chi connectivity index (χ3n) is 7.15. The second-order valence-electron chi connectivity index (χ2n) is 8.95. The first-order valence-electron chi connectivity index (χ1n) is 11.7. The van der Waals surface area contributed by atoms with E-state index in [-0.39, 0.29) is 0 Å². The standard InChI is InChI=1S/C28H33N3/c1-29-26-13-12-25-21-31(17-14-24(25)20-26)27-15-18-30(19-16-27)28(22-8-4-2-5-9-22)23-10-6-3-7-11-23/h2-13,20,27-29H,14-19,21H2,1H3. The molecule has 2 aliphatic heterocycles. The van der Waals surface area contributed by atoms with E-state index in [1.807, 2.05) is 7.05 Å². The first kappa shape index (κ1) is 20.3. The predicted molar refractivity (Wildman–Crippen MR) is 129 cm³/mol. The van der Waals surface area contributed by atoms with Gasteiger partial charge in [-0.15, -0.1) is 0 Å². The van der Waals surface area contributed by atoms with Crippen molar-refractivity contribution < 1.29 is 0 Å². The van der Waals surface area contributed by atoms with Gasteiger partial charge in [0.2, 0.25) is 0 Å². The Hall–Kier alpha value is -2.62. The summed E-state index contributed by atoms with van der Waals surface area (Å²) in [6.07, 6.45) is 3.67. The van der Waals surface area contributed by atoms with E-state index in [0.29, 0.717) is 12.1 Å². The number of piperidine rings is 1. The molecule has 0 saturated carbocycles. The third-order valence-corrected chi connectivity index (χ3v) is 7.15. The van der Waals surface area contributed by atoms with E-state index in [2.05, 4.69) is 94.0 Å². The molecule has 0 spiro atoms. The van der Waals surface area contributed by atoms with Gasteiger partial charge in [-0.05, 0) is 53.6 Å². The molecule has 0 bridgehead atoms. The van der Waals surface area contributed by atoms with Crippen LogP contribution in [0.1, 0.15) is 41.1 Å². The van der Waals surface area contributed by atoms with Crippen LogP contribution in [0.15, 0.2) is 78.9 Å². The van der Waals surface area contributed by atoms with Gasteiger partial charge in [0.25, 0.3) is 0 Å². The Bertz CT molecular complexity index is 938. The summed E-state index contributed by atoms with van der Waals surface area (Å²) in [6.45, 7) is 4.60. The minimum atomic E-state index is 0.352. The fourth-order valence-electron chi connectivity index (χ4n) is 5.44. The molecule has 0 atom stereocenters. The molecule has 5 rings (SSSR count). The Morgan fingerprint density at radius 3 is 2.03 bits per heavy atom. The van der Waals surface area contributed by atoms with Crippen LogP contribution in [0.25, 0.3) is 0 Å². The van der Waals surface area contributed by atoms with Gasteiger partial charge in [-0.1, -0.05) is 66.7 Å². The minimum absolute atomic E-state index is 0.352. The maximum atomic E-state index is 3.27. The summed E-state index contributed by atoms with van der Waals surface area (Å²) in [5, 5.41) is 3.27. The first-order valence-corrected chi connectivity index (χ1v) is 11.7. The number of hydrogen-bond acceptors (Lipinski definition) is 3. The second kappa shape index (κ2) is 9.25. The highest BCUT2D eigenvalue weighted by Gasteiger charge is 2.31. The molecule has 1 fully saturated rings. The Balaban J connectivity index is 1.28. The minimum Gasteiger partial charge on any atom is -0.388 e. The monoisotopic (exact) mass is 411 g/mol. The molecule has 3 aromatic carbocycles. The van der Waals surface area contributed by atoms with Gasteiger partial charge in [-0.3, -0.25) is 9.80 Å². The quantitative estimate of drug-likeness (QED) is 0.611. The summed E-state index contributed by atoms with van der Waals surface area (Å²) >= 11 is 0. The largest absolute Gasteiger partial charge is 0.388 e. The van der Waals surface area contributed by atoms with Crippen molar-refractivity contribution in [2.45, 2.75) is 37.9 Å². The van der Waals surface area contributed by atoms with Crippen molar-refractivity contribution in [3.63, 3.8) is 0 Å². The number of rotatable bonds is 5. The van der Waals surface area contributed by atoms with Gasteiger partial charge >= 0.3 is 0 Å². The lowest BCUT2D eigenvalue weighted by molar-refractivity contribution is 0.0843. The first-order chi connectivity index (χ1) is 15.3. The van der Waals surface area contributed by atoms with Crippen LogP contribution in [0.3, 0.4) is 0 Å². The van der Waals surface area contributed by atoms with Crippen LogP contribution in [0, 0.1) is 0 Å². The van der Waals surface area contributed by atoms with Crippen LogP contribution in [-0.2, 0) is 13.0 Å². The van der Waals surface area contributed by atoms with Gasteiger partial charge in [-0.25, -0.2) is 0 Å². The Morgan fingerprint density at radius 1 is 0.774 bits per heavy atom. The molecule has 3 aromatic rings. The smallest absolute Gasteiger partial charge is 0.0601 e. The van der Waals surface area contributed by atoms with E-state index >= 15 is 0 Å². The van der Waals surface area contributed by atoms with Crippen LogP contribution < -0.4 is 5.32 Å². The average molecular weight is 412 g/mol. The van der Waals surface area contributed by atoms with Crippen molar-refractivity contribution in [2.75, 3.05) is 32.0 Å². The van der Waals surface area contributed by atoms with Crippen molar-refractivity contribution in [3.05, 3.63) is 101 Å². The van der Waals surface area contributed by atoms with E-state index in [1.165, 1.54) is 53.7 Å². The van der Waals surface area contributed by atoms with Crippen LogP contribution >= 0.6 is 0 Å². The van der Waals surface area contributed by atoms with E-state index in [9.17, 15) is 0 Å². The van der Waals surface area contributed by atoms with Gasteiger partial charge in [0.15, 0.2) is 0 Å². The van der Waals surface area contributed by atoms with Crippen LogP contribution in [0.4, 0.5) is 5.69 Å². The van der Waals surface area contributed by atoms with Crippen LogP contribution in [0.2, 0.25) is 0 Å². The third kappa shape index (κ3) is 4.39. The van der Waals surface area contributed by atoms with Crippen LogP contribution in [-0.4, -0.2) is 42.5 Å². The Morgan fingerprint density at radius 2 is 1.42 bits per heavy atom. The molecule has 0 aromatic heterocycles. The van der Waals surface area contributed by atoms with E-state index in [0.717, 1.165) is 19.6 Å². The molecule has 31 heavy (non-hydrogen) atoms. The zero-order valence-corrected chi connectivity index (χ0v) is 18.5. The van der Waals surface area contributed by atoms with Crippen LogP contribution in [0.5, 0.6) is 0 Å². The molecule has 0 unspecified atom stereocenters. The summed E-state index contributed by atoms with van der Waals surface area (Å²) in [5.41, 5.74) is 7.07. The lowest BCUT2D eigenvalue weighted by Gasteiger charge is -2.43. The molecule has 2 heterocycles. The zero-order chi connectivity index (χ0) is 21.0. The highest BCUT2D eigenvalue weighted by Crippen LogP contribution is 2.33. The van der Waals surface area contributed by atoms with Gasteiger partial charge in [0.05, 0.1) is 6.04 Å². The number of anilines is 1. The lowest BCUT2D eigenvalue weighted by atomic mass is 9.92. The number of hydrogen-bond donors (Lipinski definition) is 1. The summed E-state index contributed by atoms with van der Waals surface area (Å²) in [4.78, 5) is 5.43.